The Labute approximate surface area is 200 Å². The van der Waals surface area contributed by atoms with Crippen molar-refractivity contribution >= 4 is 19.3 Å². The molecule has 0 aliphatic heterocycles. The molecule has 0 radical (unpaired) electrons. The third kappa shape index (κ3) is 3.41. The van der Waals surface area contributed by atoms with Crippen LogP contribution in [-0.4, -0.2) is 8.07 Å². The van der Waals surface area contributed by atoms with Crippen LogP contribution in [0.4, 0.5) is 0 Å². The molecule has 2 aliphatic rings. The summed E-state index contributed by atoms with van der Waals surface area (Å²) < 4.78 is 0. The van der Waals surface area contributed by atoms with Crippen LogP contribution in [0.25, 0.3) is 17.2 Å². The van der Waals surface area contributed by atoms with Gasteiger partial charge in [0.1, 0.15) is 8.07 Å². The van der Waals surface area contributed by atoms with E-state index in [1.807, 2.05) is 0 Å². The molecular formula is C32H34Si. The van der Waals surface area contributed by atoms with Crippen LogP contribution >= 0.6 is 0 Å². The summed E-state index contributed by atoms with van der Waals surface area (Å²) in [6, 6.07) is 29.3. The highest BCUT2D eigenvalue weighted by atomic mass is 28.3. The van der Waals surface area contributed by atoms with E-state index in [0.717, 1.165) is 6.42 Å². The quantitative estimate of drug-likeness (QED) is 0.346. The fourth-order valence-corrected chi connectivity index (χ4v) is 12.3. The Balaban J connectivity index is 1.78. The SMILES string of the molecule is CCC1=Cc2c(-c3ccccc3)cccc2C1[Si](C)(C1=C(C)C(C)=CC1C)c1ccccc1. The van der Waals surface area contributed by atoms with Gasteiger partial charge in [0.25, 0.3) is 0 Å². The Bertz CT molecular complexity index is 1280. The van der Waals surface area contributed by atoms with E-state index < -0.39 is 8.07 Å². The van der Waals surface area contributed by atoms with Gasteiger partial charge in [-0.3, -0.25) is 0 Å². The van der Waals surface area contributed by atoms with E-state index in [-0.39, 0.29) is 0 Å². The largest absolute Gasteiger partial charge is 0.122 e. The highest BCUT2D eigenvalue weighted by Crippen LogP contribution is 2.51. The van der Waals surface area contributed by atoms with Crippen molar-refractivity contribution in [3.05, 3.63) is 118 Å². The van der Waals surface area contributed by atoms with Gasteiger partial charge in [-0.15, -0.1) is 0 Å². The Morgan fingerprint density at radius 3 is 2.09 bits per heavy atom. The first-order valence-electron chi connectivity index (χ1n) is 12.3. The maximum atomic E-state index is 2.64. The zero-order valence-electron chi connectivity index (χ0n) is 20.5. The molecule has 0 bridgehead atoms. The van der Waals surface area contributed by atoms with Crippen molar-refractivity contribution in [2.45, 2.75) is 46.2 Å². The third-order valence-corrected chi connectivity index (χ3v) is 13.4. The number of fused-ring (bicyclic) bond motifs is 1. The monoisotopic (exact) mass is 446 g/mol. The van der Waals surface area contributed by atoms with Gasteiger partial charge < -0.3 is 0 Å². The van der Waals surface area contributed by atoms with Crippen LogP contribution < -0.4 is 5.19 Å². The highest BCUT2D eigenvalue weighted by Gasteiger charge is 2.49. The highest BCUT2D eigenvalue weighted by molar-refractivity contribution is 6.98. The van der Waals surface area contributed by atoms with Crippen molar-refractivity contribution in [2.24, 2.45) is 5.92 Å². The van der Waals surface area contributed by atoms with Crippen molar-refractivity contribution in [1.29, 1.82) is 0 Å². The molecule has 3 aromatic rings. The summed E-state index contributed by atoms with van der Waals surface area (Å²) in [5, 5.41) is 3.27. The predicted molar refractivity (Wildman–Crippen MR) is 146 cm³/mol. The van der Waals surface area contributed by atoms with Crippen LogP contribution in [0, 0.1) is 5.92 Å². The van der Waals surface area contributed by atoms with E-state index in [0.29, 0.717) is 11.5 Å². The Hall–Kier alpha value is -2.90. The van der Waals surface area contributed by atoms with Crippen molar-refractivity contribution < 1.29 is 0 Å². The lowest BCUT2D eigenvalue weighted by atomic mass is 9.97. The fourth-order valence-electron chi connectivity index (χ4n) is 6.58. The minimum absolute atomic E-state index is 0.468. The average molecular weight is 447 g/mol. The predicted octanol–water partition coefficient (Wildman–Crippen LogP) is 8.22. The summed E-state index contributed by atoms with van der Waals surface area (Å²) in [5.74, 6) is 0.501. The molecule has 33 heavy (non-hydrogen) atoms. The Kier molecular flexibility index (Phi) is 5.62. The van der Waals surface area contributed by atoms with Gasteiger partial charge in [0, 0.05) is 5.54 Å². The third-order valence-electron chi connectivity index (χ3n) is 8.11. The van der Waals surface area contributed by atoms with Crippen LogP contribution in [0.5, 0.6) is 0 Å². The Morgan fingerprint density at radius 2 is 1.48 bits per heavy atom. The summed E-state index contributed by atoms with van der Waals surface area (Å²) in [7, 11) is -2.13. The second-order valence-electron chi connectivity index (χ2n) is 9.93. The van der Waals surface area contributed by atoms with Crippen molar-refractivity contribution in [2.75, 3.05) is 0 Å². The number of hydrogen-bond acceptors (Lipinski definition) is 0. The second kappa shape index (κ2) is 8.46. The van der Waals surface area contributed by atoms with Gasteiger partial charge >= 0.3 is 0 Å². The lowest BCUT2D eigenvalue weighted by Gasteiger charge is -2.40. The molecule has 0 heterocycles. The Morgan fingerprint density at radius 1 is 0.818 bits per heavy atom. The van der Waals surface area contributed by atoms with E-state index in [4.69, 9.17) is 0 Å². The molecule has 0 fully saturated rings. The fraction of sp³-hybridized carbons (Fsp3) is 0.250. The summed E-state index contributed by atoms with van der Waals surface area (Å²) in [6.45, 7) is 12.1. The van der Waals surface area contributed by atoms with Crippen LogP contribution in [-0.2, 0) is 0 Å². The molecule has 0 nitrogen and oxygen atoms in total. The molecular weight excluding hydrogens is 412 g/mol. The smallest absolute Gasteiger partial charge is 0.0748 e. The average Bonchev–Trinajstić information content (AvgIpc) is 3.36. The number of hydrogen-bond donors (Lipinski definition) is 0. The van der Waals surface area contributed by atoms with Gasteiger partial charge in [0.2, 0.25) is 0 Å². The zero-order valence-corrected chi connectivity index (χ0v) is 21.5. The molecule has 2 aliphatic carbocycles. The molecule has 0 saturated heterocycles. The van der Waals surface area contributed by atoms with Gasteiger partial charge in [0.15, 0.2) is 0 Å². The van der Waals surface area contributed by atoms with E-state index in [9.17, 15) is 0 Å². The second-order valence-corrected chi connectivity index (χ2v) is 14.0. The lowest BCUT2D eigenvalue weighted by Crippen LogP contribution is -2.54. The molecule has 5 rings (SSSR count). The molecule has 166 valence electrons. The van der Waals surface area contributed by atoms with Crippen LogP contribution in [0.3, 0.4) is 0 Å². The van der Waals surface area contributed by atoms with Crippen molar-refractivity contribution in [1.82, 2.24) is 0 Å². The number of benzene rings is 3. The summed E-state index contributed by atoms with van der Waals surface area (Å²) in [4.78, 5) is 0. The van der Waals surface area contributed by atoms with Crippen molar-refractivity contribution in [3.8, 4) is 11.1 Å². The molecule has 3 unspecified atom stereocenters. The summed E-state index contributed by atoms with van der Waals surface area (Å²) >= 11 is 0. The zero-order chi connectivity index (χ0) is 23.2. The molecule has 3 atom stereocenters. The summed E-state index contributed by atoms with van der Waals surface area (Å²) in [6.07, 6.45) is 6.12. The first-order chi connectivity index (χ1) is 16.0. The number of rotatable bonds is 5. The minimum atomic E-state index is -2.13. The van der Waals surface area contributed by atoms with Gasteiger partial charge in [0.05, 0.1) is 0 Å². The van der Waals surface area contributed by atoms with E-state index in [1.54, 1.807) is 16.0 Å². The maximum Gasteiger partial charge on any atom is 0.122 e. The standard InChI is InChI=1S/C32H34Si/c1-6-25-21-30-28(26-14-9-7-10-15-26)18-13-19-29(30)32(25)33(5,27-16-11-8-12-17-27)31-23(3)20-22(2)24(31)4/h7-21,23,32H,6H2,1-5H3. The van der Waals surface area contributed by atoms with E-state index in [2.05, 4.69) is 125 Å². The molecule has 1 heteroatoms. The molecule has 0 aromatic heterocycles. The maximum absolute atomic E-state index is 2.64. The van der Waals surface area contributed by atoms with Crippen molar-refractivity contribution in [3.63, 3.8) is 0 Å². The molecule has 3 aromatic carbocycles. The van der Waals surface area contributed by atoms with Crippen LogP contribution in [0.1, 0.15) is 50.8 Å². The molecule has 0 N–H and O–H groups in total. The van der Waals surface area contributed by atoms with Gasteiger partial charge in [-0.05, 0) is 48.4 Å². The van der Waals surface area contributed by atoms with Gasteiger partial charge in [-0.2, -0.15) is 0 Å². The molecule has 0 spiro atoms. The first kappa shape index (κ1) is 21.9. The summed E-state index contributed by atoms with van der Waals surface area (Å²) in [5.41, 5.74) is 10.7. The lowest BCUT2D eigenvalue weighted by molar-refractivity contribution is 0.895. The van der Waals surface area contributed by atoms with Crippen LogP contribution in [0.15, 0.2) is 107 Å². The van der Waals surface area contributed by atoms with Gasteiger partial charge in [-0.1, -0.05) is 139 Å². The topological polar surface area (TPSA) is 0 Å². The first-order valence-corrected chi connectivity index (χ1v) is 14.9. The van der Waals surface area contributed by atoms with Crippen LogP contribution in [0.2, 0.25) is 6.55 Å². The van der Waals surface area contributed by atoms with E-state index in [1.165, 1.54) is 33.4 Å². The van der Waals surface area contributed by atoms with Gasteiger partial charge in [-0.25, -0.2) is 0 Å². The minimum Gasteiger partial charge on any atom is -0.0748 e. The molecule has 0 saturated carbocycles. The normalized spacial score (nSPS) is 21.5. The molecule has 0 amide bonds. The van der Waals surface area contributed by atoms with E-state index >= 15 is 0 Å². The number of allylic oxidation sites excluding steroid dienone is 5.